The third kappa shape index (κ3) is 4.11. The molecule has 8 nitrogen and oxygen atoms in total. The van der Waals surface area contributed by atoms with Gasteiger partial charge in [-0.2, -0.15) is 0 Å². The molecule has 0 bridgehead atoms. The summed E-state index contributed by atoms with van der Waals surface area (Å²) in [5, 5.41) is 9.82. The summed E-state index contributed by atoms with van der Waals surface area (Å²) >= 11 is 0. The molecule has 1 aliphatic rings. The fourth-order valence-corrected chi connectivity index (χ4v) is 3.18. The third-order valence-electron chi connectivity index (χ3n) is 4.53. The molecule has 0 radical (unpaired) electrons. The first-order valence-corrected chi connectivity index (χ1v) is 9.29. The number of hydrogen-bond donors (Lipinski definition) is 2. The van der Waals surface area contributed by atoms with Gasteiger partial charge in [-0.1, -0.05) is 5.16 Å². The first kappa shape index (κ1) is 18.0. The maximum atomic E-state index is 12.1. The summed E-state index contributed by atoms with van der Waals surface area (Å²) in [5.74, 6) is 2.74. The van der Waals surface area contributed by atoms with Crippen molar-refractivity contribution in [1.29, 1.82) is 0 Å². The van der Waals surface area contributed by atoms with Gasteiger partial charge in [0, 0.05) is 36.6 Å². The Balaban J connectivity index is 1.43. The number of aryl methyl sites for hydroxylation is 2. The average molecular weight is 378 g/mol. The van der Waals surface area contributed by atoms with Gasteiger partial charge in [-0.25, -0.2) is 9.97 Å². The summed E-state index contributed by atoms with van der Waals surface area (Å²) in [6.07, 6.45) is 2.40. The molecule has 4 rings (SSSR count). The van der Waals surface area contributed by atoms with Crippen LogP contribution in [0.25, 0.3) is 0 Å². The zero-order valence-corrected chi connectivity index (χ0v) is 15.9. The zero-order chi connectivity index (χ0) is 19.5. The van der Waals surface area contributed by atoms with E-state index in [0.717, 1.165) is 36.2 Å². The molecule has 0 spiro atoms. The summed E-state index contributed by atoms with van der Waals surface area (Å²) in [5.41, 5.74) is 1.80. The molecule has 3 heterocycles. The number of anilines is 4. The van der Waals surface area contributed by atoms with Gasteiger partial charge in [-0.3, -0.25) is 4.79 Å². The Morgan fingerprint density at radius 2 is 1.75 bits per heavy atom. The first-order valence-electron chi connectivity index (χ1n) is 9.29. The van der Waals surface area contributed by atoms with Crippen LogP contribution >= 0.6 is 0 Å². The van der Waals surface area contributed by atoms with Crippen LogP contribution in [0.15, 0.2) is 40.9 Å². The minimum absolute atomic E-state index is 0.255. The Bertz CT molecular complexity index is 977. The van der Waals surface area contributed by atoms with Crippen molar-refractivity contribution < 1.29 is 9.32 Å². The summed E-state index contributed by atoms with van der Waals surface area (Å²) < 4.78 is 4.93. The van der Waals surface area contributed by atoms with Crippen LogP contribution < -0.4 is 15.5 Å². The summed E-state index contributed by atoms with van der Waals surface area (Å²) in [6, 6.07) is 11.0. The van der Waals surface area contributed by atoms with E-state index in [2.05, 4.69) is 30.7 Å². The Morgan fingerprint density at radius 3 is 2.43 bits per heavy atom. The predicted molar refractivity (Wildman–Crippen MR) is 107 cm³/mol. The number of aromatic nitrogens is 3. The highest BCUT2D eigenvalue weighted by Gasteiger charge is 2.15. The van der Waals surface area contributed by atoms with Crippen molar-refractivity contribution in [3.05, 3.63) is 53.7 Å². The number of nitrogens with one attached hydrogen (secondary N) is 2. The topological polar surface area (TPSA) is 96.2 Å². The lowest BCUT2D eigenvalue weighted by molar-refractivity contribution is 0.101. The van der Waals surface area contributed by atoms with Crippen LogP contribution in [0.3, 0.4) is 0 Å². The fourth-order valence-electron chi connectivity index (χ4n) is 3.18. The van der Waals surface area contributed by atoms with E-state index < -0.39 is 0 Å². The lowest BCUT2D eigenvalue weighted by atomic mass is 10.2. The van der Waals surface area contributed by atoms with Gasteiger partial charge < -0.3 is 20.1 Å². The van der Waals surface area contributed by atoms with Crippen molar-refractivity contribution >= 4 is 28.9 Å². The second-order valence-corrected chi connectivity index (χ2v) is 6.83. The van der Waals surface area contributed by atoms with Crippen molar-refractivity contribution in [1.82, 2.24) is 15.1 Å². The average Bonchev–Trinajstić information content (AvgIpc) is 3.35. The lowest BCUT2D eigenvalue weighted by Crippen LogP contribution is -2.19. The normalized spacial score (nSPS) is 13.6. The Labute approximate surface area is 163 Å². The van der Waals surface area contributed by atoms with E-state index in [4.69, 9.17) is 4.52 Å². The van der Waals surface area contributed by atoms with Crippen molar-refractivity contribution in [2.24, 2.45) is 0 Å². The molecule has 1 aromatic carbocycles. The SMILES string of the molecule is Cc1nc(Nc2ccc(NC(=O)c3cc(C)on3)cc2)cc(N2CCCC2)n1. The quantitative estimate of drug-likeness (QED) is 0.699. The summed E-state index contributed by atoms with van der Waals surface area (Å²) in [6.45, 7) is 5.72. The maximum absolute atomic E-state index is 12.1. The molecule has 1 fully saturated rings. The molecule has 1 amide bonds. The molecule has 0 saturated carbocycles. The number of hydrogen-bond acceptors (Lipinski definition) is 7. The standard InChI is InChI=1S/C20H22N6O2/c1-13-11-17(25-28-13)20(27)24-16-7-5-15(6-8-16)23-18-12-19(22-14(2)21-18)26-9-3-4-10-26/h5-8,11-12H,3-4,9-10H2,1-2H3,(H,24,27)(H,21,22,23). The Morgan fingerprint density at radius 1 is 1.04 bits per heavy atom. The van der Waals surface area contributed by atoms with E-state index >= 15 is 0 Å². The maximum Gasteiger partial charge on any atom is 0.277 e. The second-order valence-electron chi connectivity index (χ2n) is 6.83. The van der Waals surface area contributed by atoms with E-state index in [-0.39, 0.29) is 11.6 Å². The van der Waals surface area contributed by atoms with Gasteiger partial charge >= 0.3 is 0 Å². The zero-order valence-electron chi connectivity index (χ0n) is 15.9. The molecule has 0 atom stereocenters. The summed E-state index contributed by atoms with van der Waals surface area (Å²) in [7, 11) is 0. The number of rotatable bonds is 5. The molecule has 8 heteroatoms. The molecule has 1 saturated heterocycles. The number of carbonyl (C=O) groups excluding carboxylic acids is 1. The van der Waals surface area contributed by atoms with Crippen molar-refractivity contribution in [2.75, 3.05) is 28.6 Å². The van der Waals surface area contributed by atoms with E-state index in [1.807, 2.05) is 37.3 Å². The second kappa shape index (κ2) is 7.67. The van der Waals surface area contributed by atoms with Crippen molar-refractivity contribution in [3.63, 3.8) is 0 Å². The molecule has 2 aromatic heterocycles. The molecule has 0 unspecified atom stereocenters. The lowest BCUT2D eigenvalue weighted by Gasteiger charge is -2.18. The van der Waals surface area contributed by atoms with Crippen LogP contribution in [-0.2, 0) is 0 Å². The van der Waals surface area contributed by atoms with Gasteiger partial charge in [0.2, 0.25) is 0 Å². The number of nitrogens with zero attached hydrogens (tertiary/aromatic N) is 4. The van der Waals surface area contributed by atoms with E-state index in [1.165, 1.54) is 12.8 Å². The smallest absolute Gasteiger partial charge is 0.277 e. The molecular formula is C20H22N6O2. The highest BCUT2D eigenvalue weighted by Crippen LogP contribution is 2.23. The van der Waals surface area contributed by atoms with Crippen LogP contribution in [0.2, 0.25) is 0 Å². The van der Waals surface area contributed by atoms with Gasteiger partial charge in [-0.15, -0.1) is 0 Å². The summed E-state index contributed by atoms with van der Waals surface area (Å²) in [4.78, 5) is 23.4. The third-order valence-corrected chi connectivity index (χ3v) is 4.53. The minimum atomic E-state index is -0.306. The Kier molecular flexibility index (Phi) is 4.92. The van der Waals surface area contributed by atoms with E-state index in [9.17, 15) is 4.79 Å². The first-order chi connectivity index (χ1) is 13.6. The number of carbonyl (C=O) groups is 1. The molecule has 1 aliphatic heterocycles. The Hall–Kier alpha value is -3.42. The van der Waals surface area contributed by atoms with Crippen LogP contribution in [0.5, 0.6) is 0 Å². The van der Waals surface area contributed by atoms with Crippen LogP contribution in [-0.4, -0.2) is 34.1 Å². The molecule has 144 valence electrons. The van der Waals surface area contributed by atoms with Crippen molar-refractivity contribution in [3.8, 4) is 0 Å². The minimum Gasteiger partial charge on any atom is -0.361 e. The van der Waals surface area contributed by atoms with Gasteiger partial charge in [0.05, 0.1) is 0 Å². The molecule has 3 aromatic rings. The fraction of sp³-hybridized carbons (Fsp3) is 0.300. The van der Waals surface area contributed by atoms with Gasteiger partial charge in [0.25, 0.3) is 5.91 Å². The molecule has 28 heavy (non-hydrogen) atoms. The van der Waals surface area contributed by atoms with E-state index in [0.29, 0.717) is 11.4 Å². The molecule has 2 N–H and O–H groups in total. The molecular weight excluding hydrogens is 356 g/mol. The highest BCUT2D eigenvalue weighted by atomic mass is 16.5. The predicted octanol–water partition coefficient (Wildman–Crippen LogP) is 3.68. The number of amides is 1. The van der Waals surface area contributed by atoms with Crippen LogP contribution in [0.4, 0.5) is 23.0 Å². The highest BCUT2D eigenvalue weighted by molar-refractivity contribution is 6.02. The van der Waals surface area contributed by atoms with E-state index in [1.54, 1.807) is 13.0 Å². The van der Waals surface area contributed by atoms with Crippen LogP contribution in [0.1, 0.15) is 34.9 Å². The van der Waals surface area contributed by atoms with Crippen LogP contribution in [0, 0.1) is 13.8 Å². The largest absolute Gasteiger partial charge is 0.361 e. The molecule has 0 aliphatic carbocycles. The number of benzene rings is 1. The van der Waals surface area contributed by atoms with Crippen molar-refractivity contribution in [2.45, 2.75) is 26.7 Å². The van der Waals surface area contributed by atoms with Gasteiger partial charge in [0.15, 0.2) is 5.69 Å². The van der Waals surface area contributed by atoms with Gasteiger partial charge in [0.1, 0.15) is 23.2 Å². The monoisotopic (exact) mass is 378 g/mol. The van der Waals surface area contributed by atoms with Gasteiger partial charge in [-0.05, 0) is 51.0 Å².